The van der Waals surface area contributed by atoms with Crippen molar-refractivity contribution in [2.45, 2.75) is 88.9 Å². The van der Waals surface area contributed by atoms with Crippen LogP contribution in [0.25, 0.3) is 0 Å². The molecule has 2 fully saturated rings. The maximum atomic E-state index is 13.0. The van der Waals surface area contributed by atoms with Gasteiger partial charge in [0.1, 0.15) is 18.7 Å². The maximum Gasteiger partial charge on any atom is 0.407 e. The van der Waals surface area contributed by atoms with Crippen LogP contribution in [-0.2, 0) is 30.5 Å². The highest BCUT2D eigenvalue weighted by Crippen LogP contribution is 2.25. The molecule has 1 aromatic carbocycles. The van der Waals surface area contributed by atoms with Gasteiger partial charge >= 0.3 is 18.0 Å². The first-order valence-corrected chi connectivity index (χ1v) is 14.8. The molecule has 2 aliphatic heterocycles. The minimum absolute atomic E-state index is 0.0787. The van der Waals surface area contributed by atoms with Crippen LogP contribution in [0.3, 0.4) is 0 Å². The second-order valence-corrected chi connectivity index (χ2v) is 10.7. The van der Waals surface area contributed by atoms with E-state index in [4.69, 9.17) is 4.74 Å². The Morgan fingerprint density at radius 3 is 2.40 bits per heavy atom. The van der Waals surface area contributed by atoms with Gasteiger partial charge in [-0.05, 0) is 56.9 Å². The second-order valence-electron chi connectivity index (χ2n) is 10.7. The van der Waals surface area contributed by atoms with Crippen molar-refractivity contribution in [1.29, 1.82) is 0 Å². The molecule has 2 saturated heterocycles. The van der Waals surface area contributed by atoms with Crippen molar-refractivity contribution in [1.82, 2.24) is 26.0 Å². The molecule has 0 spiro atoms. The van der Waals surface area contributed by atoms with Crippen LogP contribution < -0.4 is 16.0 Å². The molecule has 0 aromatic heterocycles. The topological polar surface area (TPSA) is 178 Å². The van der Waals surface area contributed by atoms with Gasteiger partial charge in [-0.25, -0.2) is 14.6 Å². The van der Waals surface area contributed by atoms with Crippen molar-refractivity contribution < 1.29 is 38.9 Å². The number of amides is 3. The van der Waals surface area contributed by atoms with Crippen LogP contribution in [0.15, 0.2) is 30.3 Å². The van der Waals surface area contributed by atoms with Gasteiger partial charge < -0.3 is 25.6 Å². The van der Waals surface area contributed by atoms with E-state index in [0.29, 0.717) is 71.1 Å². The first-order valence-electron chi connectivity index (χ1n) is 14.8. The maximum absolute atomic E-state index is 13.0. The van der Waals surface area contributed by atoms with Gasteiger partial charge in [-0.2, -0.15) is 0 Å². The number of carboxylic acids is 2. The molecule has 0 saturated carbocycles. The predicted octanol–water partition coefficient (Wildman–Crippen LogP) is 1.87. The summed E-state index contributed by atoms with van der Waals surface area (Å²) in [5, 5.41) is 30.7. The van der Waals surface area contributed by atoms with Gasteiger partial charge in [-0.1, -0.05) is 36.8 Å². The third kappa shape index (κ3) is 10.6. The molecule has 42 heavy (non-hydrogen) atoms. The fraction of sp³-hybridized carbons (Fsp3) is 0.621. The lowest BCUT2D eigenvalue weighted by atomic mass is 10.0. The van der Waals surface area contributed by atoms with E-state index in [1.807, 2.05) is 30.3 Å². The summed E-state index contributed by atoms with van der Waals surface area (Å²) in [6.45, 7) is 2.21. The molecule has 2 heterocycles. The normalized spacial score (nSPS) is 19.4. The van der Waals surface area contributed by atoms with Crippen LogP contribution in [0.1, 0.15) is 69.8 Å². The van der Waals surface area contributed by atoms with Gasteiger partial charge in [0.15, 0.2) is 0 Å². The standard InChI is InChI=1S/C29H43N5O8/c35-25(14-5-2-7-17-31-29(41)42-20-21-10-3-1-4-11-21)30-16-8-6-12-23(27(37)38)32-22-15-19-33-18-9-13-24(28(39)40)34(33)26(22)36/h1,3-4,10-11,22-24,32H,2,5-9,12-20H2,(H,30,35)(H,31,41)(H,37,38)(H,39,40). The lowest BCUT2D eigenvalue weighted by molar-refractivity contribution is -0.183. The zero-order valence-electron chi connectivity index (χ0n) is 24.0. The van der Waals surface area contributed by atoms with Crippen LogP contribution in [-0.4, -0.2) is 94.4 Å². The van der Waals surface area contributed by atoms with Gasteiger partial charge in [0, 0.05) is 32.6 Å². The molecular formula is C29H43N5O8. The first kappa shape index (κ1) is 32.8. The third-order valence-corrected chi connectivity index (χ3v) is 7.48. The number of fused-ring (bicyclic) bond motifs is 1. The molecule has 3 atom stereocenters. The van der Waals surface area contributed by atoms with Gasteiger partial charge in [0.05, 0.1) is 6.04 Å². The number of hydrogen-bond acceptors (Lipinski definition) is 8. The van der Waals surface area contributed by atoms with E-state index in [9.17, 15) is 34.2 Å². The lowest BCUT2D eigenvalue weighted by Crippen LogP contribution is -2.67. The molecule has 0 bridgehead atoms. The van der Waals surface area contributed by atoms with Crippen molar-refractivity contribution in [2.75, 3.05) is 26.2 Å². The minimum atomic E-state index is -1.07. The number of alkyl carbamates (subject to hydrolysis) is 1. The molecule has 0 radical (unpaired) electrons. The molecule has 5 N–H and O–H groups in total. The number of benzene rings is 1. The van der Waals surface area contributed by atoms with Gasteiger partial charge in [-0.3, -0.25) is 24.7 Å². The van der Waals surface area contributed by atoms with Crippen molar-refractivity contribution in [3.8, 4) is 0 Å². The van der Waals surface area contributed by atoms with E-state index < -0.39 is 42.1 Å². The fourth-order valence-electron chi connectivity index (χ4n) is 5.21. The number of carbonyl (C=O) groups excluding carboxylic acids is 3. The number of nitrogens with zero attached hydrogens (tertiary/aromatic N) is 2. The Bertz CT molecular complexity index is 1060. The zero-order valence-corrected chi connectivity index (χ0v) is 24.0. The Balaban J connectivity index is 1.23. The largest absolute Gasteiger partial charge is 0.480 e. The van der Waals surface area contributed by atoms with Crippen LogP contribution >= 0.6 is 0 Å². The quantitative estimate of drug-likeness (QED) is 0.169. The summed E-state index contributed by atoms with van der Waals surface area (Å²) >= 11 is 0. The number of carbonyl (C=O) groups is 5. The second kappa shape index (κ2) is 17.3. The van der Waals surface area contributed by atoms with E-state index in [0.717, 1.165) is 18.4 Å². The van der Waals surface area contributed by atoms with E-state index >= 15 is 0 Å². The average molecular weight is 590 g/mol. The van der Waals surface area contributed by atoms with Crippen LogP contribution in [0.4, 0.5) is 4.79 Å². The smallest absolute Gasteiger partial charge is 0.407 e. The lowest BCUT2D eigenvalue weighted by Gasteiger charge is -2.47. The highest BCUT2D eigenvalue weighted by molar-refractivity contribution is 5.88. The van der Waals surface area contributed by atoms with Crippen LogP contribution in [0.2, 0.25) is 0 Å². The zero-order chi connectivity index (χ0) is 30.3. The van der Waals surface area contributed by atoms with E-state index in [1.54, 1.807) is 5.01 Å². The summed E-state index contributed by atoms with van der Waals surface area (Å²) < 4.78 is 5.15. The predicted molar refractivity (Wildman–Crippen MR) is 152 cm³/mol. The molecule has 3 amide bonds. The van der Waals surface area contributed by atoms with Crippen molar-refractivity contribution in [2.24, 2.45) is 0 Å². The highest BCUT2D eigenvalue weighted by atomic mass is 16.5. The van der Waals surface area contributed by atoms with Gasteiger partial charge in [0.25, 0.3) is 5.91 Å². The SMILES string of the molecule is O=C(CCCCCNC(=O)OCc1ccccc1)NCCCCC(NC1CCN2CCCC(C(=O)O)N2C1=O)C(=O)O. The summed E-state index contributed by atoms with van der Waals surface area (Å²) in [5.41, 5.74) is 0.916. The first-order chi connectivity index (χ1) is 20.3. The van der Waals surface area contributed by atoms with E-state index in [-0.39, 0.29) is 18.9 Å². The molecular weight excluding hydrogens is 546 g/mol. The number of carboxylic acid groups (broad SMARTS) is 2. The molecule has 13 heteroatoms. The molecule has 232 valence electrons. The summed E-state index contributed by atoms with van der Waals surface area (Å²) in [6, 6.07) is 6.79. The van der Waals surface area contributed by atoms with Crippen molar-refractivity contribution in [3.63, 3.8) is 0 Å². The van der Waals surface area contributed by atoms with E-state index in [1.165, 1.54) is 5.01 Å². The monoisotopic (exact) mass is 589 g/mol. The highest BCUT2D eigenvalue weighted by Gasteiger charge is 2.43. The Kier molecular flexibility index (Phi) is 13.5. The number of nitrogens with one attached hydrogen (secondary N) is 3. The Labute approximate surface area is 245 Å². The summed E-state index contributed by atoms with van der Waals surface area (Å²) in [7, 11) is 0. The Morgan fingerprint density at radius 2 is 1.67 bits per heavy atom. The number of hydrogen-bond donors (Lipinski definition) is 5. The van der Waals surface area contributed by atoms with E-state index in [2.05, 4.69) is 16.0 Å². The van der Waals surface area contributed by atoms with Crippen LogP contribution in [0.5, 0.6) is 0 Å². The fourth-order valence-corrected chi connectivity index (χ4v) is 5.21. The average Bonchev–Trinajstić information content (AvgIpc) is 2.98. The minimum Gasteiger partial charge on any atom is -0.480 e. The molecule has 13 nitrogen and oxygen atoms in total. The molecule has 2 aliphatic rings. The third-order valence-electron chi connectivity index (χ3n) is 7.48. The van der Waals surface area contributed by atoms with Crippen molar-refractivity contribution >= 4 is 29.8 Å². The summed E-state index contributed by atoms with van der Waals surface area (Å²) in [4.78, 5) is 60.3. The number of unbranched alkanes of at least 4 members (excludes halogenated alkanes) is 3. The Morgan fingerprint density at radius 1 is 0.929 bits per heavy atom. The molecule has 3 unspecified atom stereocenters. The van der Waals surface area contributed by atoms with Gasteiger partial charge in [-0.15, -0.1) is 0 Å². The van der Waals surface area contributed by atoms with Gasteiger partial charge in [0.2, 0.25) is 5.91 Å². The number of ether oxygens (including phenoxy) is 1. The number of hydrazine groups is 1. The summed E-state index contributed by atoms with van der Waals surface area (Å²) in [6.07, 6.45) is 4.97. The van der Waals surface area contributed by atoms with Crippen molar-refractivity contribution in [3.05, 3.63) is 35.9 Å². The number of rotatable bonds is 17. The molecule has 0 aliphatic carbocycles. The summed E-state index contributed by atoms with van der Waals surface area (Å²) in [5.74, 6) is -2.60. The molecule has 1 aromatic rings. The Hall–Kier alpha value is -3.71. The van der Waals surface area contributed by atoms with Crippen LogP contribution in [0, 0.1) is 0 Å². The number of aliphatic carboxylic acids is 2. The molecule has 3 rings (SSSR count).